The van der Waals surface area contributed by atoms with Gasteiger partial charge in [-0.15, -0.1) is 0 Å². The normalized spacial score (nSPS) is 17.9. The number of nitrogens with zero attached hydrogens (tertiary/aromatic N) is 3. The van der Waals surface area contributed by atoms with E-state index < -0.39 is 52.5 Å². The predicted molar refractivity (Wildman–Crippen MR) is 146 cm³/mol. The van der Waals surface area contributed by atoms with Crippen LogP contribution < -0.4 is 15.5 Å². The van der Waals surface area contributed by atoms with Gasteiger partial charge in [0.15, 0.2) is 0 Å². The number of β-amino-alcohol motifs (C(OH)–C–C–N with tert-alkyl or cyclic N) is 1. The van der Waals surface area contributed by atoms with E-state index >= 15 is 0 Å². The lowest BCUT2D eigenvalue weighted by Crippen LogP contribution is -2.42. The summed E-state index contributed by atoms with van der Waals surface area (Å²) in [6.07, 6.45) is -9.19. The molecule has 4 rings (SSSR count). The molecule has 0 saturated carbocycles. The molecular formula is C29H30F6N4O3. The lowest BCUT2D eigenvalue weighted by Gasteiger charge is -2.32. The smallest absolute Gasteiger partial charge is 0.398 e. The summed E-state index contributed by atoms with van der Waals surface area (Å²) in [7, 11) is 1.35. The SMILES string of the molecule is CN(C(=O)C(C)(C)c1cc(C(F)(F)F)cc(C(F)(F)F)c1)c1cnc(N2C[C@H](O)C[C@H]2CO)cc1-c1ccccc1N. The molecule has 7 nitrogen and oxygen atoms in total. The van der Waals surface area contributed by atoms with Crippen molar-refractivity contribution >= 4 is 23.1 Å². The first-order valence-electron chi connectivity index (χ1n) is 12.9. The van der Waals surface area contributed by atoms with Crippen molar-refractivity contribution in [3.05, 3.63) is 71.4 Å². The molecule has 1 saturated heterocycles. The maximum absolute atomic E-state index is 13.9. The highest BCUT2D eigenvalue weighted by Crippen LogP contribution is 2.42. The molecule has 0 bridgehead atoms. The second-order valence-corrected chi connectivity index (χ2v) is 10.8. The van der Waals surface area contributed by atoms with Crippen molar-refractivity contribution in [2.75, 3.05) is 35.7 Å². The number of nitrogen functional groups attached to an aromatic ring is 1. The van der Waals surface area contributed by atoms with Gasteiger partial charge >= 0.3 is 12.4 Å². The van der Waals surface area contributed by atoms with E-state index in [4.69, 9.17) is 5.73 Å². The molecule has 1 aliphatic rings. The fraction of sp³-hybridized carbons (Fsp3) is 0.379. The minimum atomic E-state index is -5.08. The van der Waals surface area contributed by atoms with Gasteiger partial charge in [-0.2, -0.15) is 26.3 Å². The first kappa shape index (κ1) is 31.1. The van der Waals surface area contributed by atoms with Crippen LogP contribution in [0.25, 0.3) is 11.1 Å². The fourth-order valence-electron chi connectivity index (χ4n) is 5.13. The number of rotatable bonds is 6. The molecular weight excluding hydrogens is 566 g/mol. The topological polar surface area (TPSA) is 103 Å². The van der Waals surface area contributed by atoms with E-state index in [-0.39, 0.29) is 24.9 Å². The molecule has 1 aromatic heterocycles. The van der Waals surface area contributed by atoms with Crippen LogP contribution in [0.2, 0.25) is 0 Å². The average molecular weight is 597 g/mol. The first-order valence-corrected chi connectivity index (χ1v) is 12.9. The Morgan fingerprint density at radius 2 is 1.57 bits per heavy atom. The molecule has 42 heavy (non-hydrogen) atoms. The highest BCUT2D eigenvalue weighted by molar-refractivity contribution is 6.04. The Hall–Kier alpha value is -3.84. The van der Waals surface area contributed by atoms with E-state index in [0.717, 1.165) is 4.90 Å². The lowest BCUT2D eigenvalue weighted by atomic mass is 9.81. The summed E-state index contributed by atoms with van der Waals surface area (Å²) in [5.74, 6) is -0.425. The van der Waals surface area contributed by atoms with Gasteiger partial charge in [-0.1, -0.05) is 18.2 Å². The number of aliphatic hydroxyl groups is 2. The highest BCUT2D eigenvalue weighted by Gasteiger charge is 2.41. The molecule has 1 aliphatic heterocycles. The zero-order valence-corrected chi connectivity index (χ0v) is 23.0. The quantitative estimate of drug-likeness (QED) is 0.266. The van der Waals surface area contributed by atoms with Crippen LogP contribution in [0.5, 0.6) is 0 Å². The summed E-state index contributed by atoms with van der Waals surface area (Å²) in [6.45, 7) is 2.45. The number of likely N-dealkylation sites (N-methyl/N-ethyl adjacent to an activating group) is 1. The van der Waals surface area contributed by atoms with Crippen molar-refractivity contribution in [2.24, 2.45) is 0 Å². The van der Waals surface area contributed by atoms with E-state index in [1.54, 1.807) is 35.2 Å². The van der Waals surface area contributed by atoms with Gasteiger partial charge in [0, 0.05) is 30.4 Å². The summed E-state index contributed by atoms with van der Waals surface area (Å²) in [4.78, 5) is 21.1. The number of amides is 1. The summed E-state index contributed by atoms with van der Waals surface area (Å²) in [5, 5.41) is 20.0. The van der Waals surface area contributed by atoms with Gasteiger partial charge in [0.1, 0.15) is 5.82 Å². The number of aliphatic hydroxyl groups excluding tert-OH is 2. The van der Waals surface area contributed by atoms with Gasteiger partial charge in [0.25, 0.3) is 0 Å². The summed E-state index contributed by atoms with van der Waals surface area (Å²) in [6, 6.07) is 9.03. The average Bonchev–Trinajstić information content (AvgIpc) is 3.31. The van der Waals surface area contributed by atoms with Crippen LogP contribution in [0, 0.1) is 0 Å². The van der Waals surface area contributed by atoms with Crippen LogP contribution in [0.1, 0.15) is 37.0 Å². The monoisotopic (exact) mass is 596 g/mol. The third-order valence-corrected chi connectivity index (χ3v) is 7.53. The number of hydrogen-bond acceptors (Lipinski definition) is 6. The van der Waals surface area contributed by atoms with Gasteiger partial charge in [0.2, 0.25) is 5.91 Å². The molecule has 2 atom stereocenters. The van der Waals surface area contributed by atoms with Crippen LogP contribution >= 0.6 is 0 Å². The molecule has 0 aliphatic carbocycles. The van der Waals surface area contributed by atoms with Crippen molar-refractivity contribution in [2.45, 2.75) is 50.2 Å². The van der Waals surface area contributed by atoms with Gasteiger partial charge in [-0.25, -0.2) is 4.98 Å². The third-order valence-electron chi connectivity index (χ3n) is 7.53. The van der Waals surface area contributed by atoms with Crippen LogP contribution in [-0.4, -0.2) is 53.4 Å². The van der Waals surface area contributed by atoms with Gasteiger partial charge in [0.05, 0.1) is 47.2 Å². The molecule has 2 heterocycles. The number of pyridine rings is 1. The van der Waals surface area contributed by atoms with Crippen molar-refractivity contribution in [3.8, 4) is 11.1 Å². The van der Waals surface area contributed by atoms with E-state index in [1.807, 2.05) is 0 Å². The number of nitrogens with two attached hydrogens (primary N) is 1. The van der Waals surface area contributed by atoms with Crippen LogP contribution in [-0.2, 0) is 22.6 Å². The third kappa shape index (κ3) is 6.02. The Bertz CT molecular complexity index is 1440. The molecule has 1 fully saturated rings. The Morgan fingerprint density at radius 1 is 1.00 bits per heavy atom. The highest BCUT2D eigenvalue weighted by atomic mass is 19.4. The van der Waals surface area contributed by atoms with Crippen LogP contribution in [0.3, 0.4) is 0 Å². The van der Waals surface area contributed by atoms with Gasteiger partial charge < -0.3 is 25.7 Å². The molecule has 0 spiro atoms. The molecule has 4 N–H and O–H groups in total. The largest absolute Gasteiger partial charge is 0.416 e. The zero-order chi connectivity index (χ0) is 31.2. The molecule has 13 heteroatoms. The van der Waals surface area contributed by atoms with E-state index in [1.165, 1.54) is 27.1 Å². The fourth-order valence-corrected chi connectivity index (χ4v) is 5.13. The van der Waals surface area contributed by atoms with E-state index in [0.29, 0.717) is 41.2 Å². The Morgan fingerprint density at radius 3 is 2.12 bits per heavy atom. The number of aromatic nitrogens is 1. The van der Waals surface area contributed by atoms with E-state index in [9.17, 15) is 41.4 Å². The number of anilines is 3. The summed E-state index contributed by atoms with van der Waals surface area (Å²) in [5.41, 5.74) is 2.31. The minimum Gasteiger partial charge on any atom is -0.398 e. The molecule has 1 amide bonds. The number of carbonyl (C=O) groups is 1. The van der Waals surface area contributed by atoms with Gasteiger partial charge in [-0.3, -0.25) is 4.79 Å². The van der Waals surface area contributed by atoms with Crippen molar-refractivity contribution in [1.29, 1.82) is 0 Å². The number of para-hydroxylation sites is 1. The summed E-state index contributed by atoms with van der Waals surface area (Å²) < 4.78 is 81.3. The number of halogens is 6. The molecule has 3 aromatic rings. The molecule has 0 radical (unpaired) electrons. The van der Waals surface area contributed by atoms with Crippen molar-refractivity contribution in [3.63, 3.8) is 0 Å². The molecule has 0 unspecified atom stereocenters. The predicted octanol–water partition coefficient (Wildman–Crippen LogP) is 5.24. The summed E-state index contributed by atoms with van der Waals surface area (Å²) >= 11 is 0. The van der Waals surface area contributed by atoms with Crippen LogP contribution in [0.4, 0.5) is 43.5 Å². The van der Waals surface area contributed by atoms with Gasteiger partial charge in [-0.05, 0) is 56.2 Å². The minimum absolute atomic E-state index is 0.0155. The Balaban J connectivity index is 1.82. The Kier molecular flexibility index (Phi) is 8.22. The first-order chi connectivity index (χ1) is 19.4. The van der Waals surface area contributed by atoms with Crippen molar-refractivity contribution in [1.82, 2.24) is 4.98 Å². The maximum atomic E-state index is 13.9. The zero-order valence-electron chi connectivity index (χ0n) is 23.0. The molecule has 226 valence electrons. The maximum Gasteiger partial charge on any atom is 0.416 e. The number of carbonyl (C=O) groups excluding carboxylic acids is 1. The van der Waals surface area contributed by atoms with Crippen molar-refractivity contribution < 1.29 is 41.4 Å². The standard InChI is InChI=1S/C29H30F6N4O3/c1-27(2,16-8-17(28(30,31)32)10-18(9-16)29(33,34)35)26(42)38(3)24-13-37-25(39-14-20(41)11-19(39)15-40)12-22(24)21-6-4-5-7-23(21)36/h4-10,12-13,19-20,40-41H,11,14-15,36H2,1-3H3/t19-,20+/m0/s1. The van der Waals surface area contributed by atoms with Crippen LogP contribution in [0.15, 0.2) is 54.7 Å². The van der Waals surface area contributed by atoms with E-state index in [2.05, 4.69) is 4.98 Å². The number of hydrogen-bond donors (Lipinski definition) is 3. The second kappa shape index (κ2) is 11.1. The second-order valence-electron chi connectivity index (χ2n) is 10.8. The lowest BCUT2D eigenvalue weighted by molar-refractivity contribution is -0.143. The molecule has 2 aromatic carbocycles. The number of alkyl halides is 6. The Labute approximate surface area is 238 Å². The number of benzene rings is 2.